The average Bonchev–Trinajstić information content (AvgIpc) is 3.25. The molecule has 5 heteroatoms. The largest absolute Gasteiger partial charge is 0.373 e. The third-order valence-corrected chi connectivity index (χ3v) is 4.47. The molecule has 1 saturated carbocycles. The summed E-state index contributed by atoms with van der Waals surface area (Å²) in [5.74, 6) is 2.88. The standard InChI is InChI=1S/C16H26BrN3O/c1-5-8-18-15-13(17)12(9-10(2)3)19-16(20-15)14(21-4)11-6-7-11/h10-11,14H,5-9H2,1-4H3,(H,18,19,20). The van der Waals surface area contributed by atoms with Crippen molar-refractivity contribution in [3.63, 3.8) is 0 Å². The van der Waals surface area contributed by atoms with Crippen LogP contribution >= 0.6 is 15.9 Å². The zero-order chi connectivity index (χ0) is 15.4. The molecule has 4 nitrogen and oxygen atoms in total. The van der Waals surface area contributed by atoms with E-state index >= 15 is 0 Å². The van der Waals surface area contributed by atoms with E-state index in [1.807, 2.05) is 0 Å². The fraction of sp³-hybridized carbons (Fsp3) is 0.750. The summed E-state index contributed by atoms with van der Waals surface area (Å²) in [5, 5.41) is 3.40. The van der Waals surface area contributed by atoms with Crippen LogP contribution in [0.3, 0.4) is 0 Å². The van der Waals surface area contributed by atoms with Gasteiger partial charge in [0.1, 0.15) is 11.9 Å². The molecule has 0 aromatic carbocycles. The maximum atomic E-state index is 5.65. The van der Waals surface area contributed by atoms with Crippen molar-refractivity contribution < 1.29 is 4.74 Å². The molecule has 21 heavy (non-hydrogen) atoms. The minimum absolute atomic E-state index is 0.0335. The van der Waals surface area contributed by atoms with Crippen LogP contribution in [0.2, 0.25) is 0 Å². The molecule has 0 bridgehead atoms. The summed E-state index contributed by atoms with van der Waals surface area (Å²) in [5.41, 5.74) is 1.08. The van der Waals surface area contributed by atoms with Gasteiger partial charge in [0.15, 0.2) is 5.82 Å². The molecule has 1 aliphatic carbocycles. The van der Waals surface area contributed by atoms with Crippen molar-refractivity contribution in [1.82, 2.24) is 9.97 Å². The predicted molar refractivity (Wildman–Crippen MR) is 89.5 cm³/mol. The van der Waals surface area contributed by atoms with Gasteiger partial charge in [0.25, 0.3) is 0 Å². The first kappa shape index (κ1) is 16.7. The highest BCUT2D eigenvalue weighted by Gasteiger charge is 2.35. The van der Waals surface area contributed by atoms with Gasteiger partial charge in [-0.2, -0.15) is 0 Å². The minimum Gasteiger partial charge on any atom is -0.373 e. The minimum atomic E-state index is 0.0335. The summed E-state index contributed by atoms with van der Waals surface area (Å²) in [6, 6.07) is 0. The molecule has 1 heterocycles. The Bertz CT molecular complexity index is 475. The Morgan fingerprint density at radius 3 is 2.57 bits per heavy atom. The second kappa shape index (κ2) is 7.54. The van der Waals surface area contributed by atoms with Crippen molar-refractivity contribution in [3.8, 4) is 0 Å². The number of hydrogen-bond acceptors (Lipinski definition) is 4. The molecule has 1 aliphatic rings. The van der Waals surface area contributed by atoms with Gasteiger partial charge in [-0.15, -0.1) is 0 Å². The van der Waals surface area contributed by atoms with Gasteiger partial charge in [-0.1, -0.05) is 20.8 Å². The van der Waals surface area contributed by atoms with Crippen LogP contribution in [0, 0.1) is 11.8 Å². The lowest BCUT2D eigenvalue weighted by Gasteiger charge is -2.18. The average molecular weight is 356 g/mol. The van der Waals surface area contributed by atoms with E-state index in [0.29, 0.717) is 11.8 Å². The van der Waals surface area contributed by atoms with E-state index < -0.39 is 0 Å². The van der Waals surface area contributed by atoms with Crippen molar-refractivity contribution in [1.29, 1.82) is 0 Å². The molecule has 0 saturated heterocycles. The topological polar surface area (TPSA) is 47.0 Å². The van der Waals surface area contributed by atoms with Crippen LogP contribution in [0.5, 0.6) is 0 Å². The molecule has 1 aromatic rings. The van der Waals surface area contributed by atoms with Gasteiger partial charge in [0, 0.05) is 13.7 Å². The summed E-state index contributed by atoms with van der Waals surface area (Å²) in [6.07, 6.45) is 4.48. The molecular formula is C16H26BrN3O. The van der Waals surface area contributed by atoms with Crippen LogP contribution in [0.25, 0.3) is 0 Å². The Kier molecular flexibility index (Phi) is 5.99. The fourth-order valence-electron chi connectivity index (χ4n) is 2.43. The smallest absolute Gasteiger partial charge is 0.160 e. The Morgan fingerprint density at radius 2 is 2.05 bits per heavy atom. The maximum absolute atomic E-state index is 5.65. The first-order valence-electron chi connectivity index (χ1n) is 7.89. The van der Waals surface area contributed by atoms with Gasteiger partial charge in [-0.25, -0.2) is 9.97 Å². The third-order valence-electron chi connectivity index (χ3n) is 3.64. The SMILES string of the molecule is CCCNc1nc(C(OC)C2CC2)nc(CC(C)C)c1Br. The highest BCUT2D eigenvalue weighted by Crippen LogP contribution is 2.42. The molecule has 118 valence electrons. The molecule has 0 amide bonds. The van der Waals surface area contributed by atoms with Crippen LogP contribution < -0.4 is 5.32 Å². The third kappa shape index (κ3) is 4.39. The highest BCUT2D eigenvalue weighted by atomic mass is 79.9. The Morgan fingerprint density at radius 1 is 1.33 bits per heavy atom. The molecule has 1 fully saturated rings. The van der Waals surface area contributed by atoms with E-state index in [1.165, 1.54) is 12.8 Å². The van der Waals surface area contributed by atoms with Crippen LogP contribution in [-0.4, -0.2) is 23.6 Å². The highest BCUT2D eigenvalue weighted by molar-refractivity contribution is 9.10. The predicted octanol–water partition coefficient (Wildman–Crippen LogP) is 4.36. The van der Waals surface area contributed by atoms with E-state index in [1.54, 1.807) is 7.11 Å². The Hall–Kier alpha value is -0.680. The normalized spacial score (nSPS) is 16.3. The van der Waals surface area contributed by atoms with Crippen LogP contribution in [0.1, 0.15) is 57.7 Å². The van der Waals surface area contributed by atoms with Crippen LogP contribution in [-0.2, 0) is 11.2 Å². The number of rotatable bonds is 8. The van der Waals surface area contributed by atoms with Crippen molar-refractivity contribution in [3.05, 3.63) is 16.0 Å². The van der Waals surface area contributed by atoms with Gasteiger partial charge in [-0.3, -0.25) is 0 Å². The summed E-state index contributed by atoms with van der Waals surface area (Å²) in [6.45, 7) is 7.49. The molecule has 0 radical (unpaired) electrons. The van der Waals surface area contributed by atoms with Crippen molar-refractivity contribution in [2.24, 2.45) is 11.8 Å². The van der Waals surface area contributed by atoms with Crippen LogP contribution in [0.4, 0.5) is 5.82 Å². The summed E-state index contributed by atoms with van der Waals surface area (Å²) >= 11 is 3.67. The van der Waals surface area contributed by atoms with E-state index in [-0.39, 0.29) is 6.10 Å². The van der Waals surface area contributed by atoms with Gasteiger partial charge in [-0.05, 0) is 53.4 Å². The number of halogens is 1. The van der Waals surface area contributed by atoms with Gasteiger partial charge in [0.05, 0.1) is 10.2 Å². The van der Waals surface area contributed by atoms with Gasteiger partial charge < -0.3 is 10.1 Å². The molecule has 1 aromatic heterocycles. The summed E-state index contributed by atoms with van der Waals surface area (Å²) < 4.78 is 6.65. The Labute approximate surface area is 136 Å². The number of nitrogens with zero attached hydrogens (tertiary/aromatic N) is 2. The second-order valence-electron chi connectivity index (χ2n) is 6.21. The first-order valence-corrected chi connectivity index (χ1v) is 8.69. The zero-order valence-electron chi connectivity index (χ0n) is 13.4. The number of anilines is 1. The number of aromatic nitrogens is 2. The fourth-order valence-corrected chi connectivity index (χ4v) is 2.91. The van der Waals surface area contributed by atoms with E-state index in [4.69, 9.17) is 14.7 Å². The molecule has 0 aliphatic heterocycles. The van der Waals surface area contributed by atoms with Crippen LogP contribution in [0.15, 0.2) is 4.47 Å². The van der Waals surface area contributed by atoms with Crippen molar-refractivity contribution in [2.45, 2.75) is 52.6 Å². The Balaban J connectivity index is 2.34. The summed E-state index contributed by atoms with van der Waals surface area (Å²) in [4.78, 5) is 9.51. The number of hydrogen-bond donors (Lipinski definition) is 1. The lowest BCUT2D eigenvalue weighted by atomic mass is 10.1. The van der Waals surface area contributed by atoms with Crippen molar-refractivity contribution in [2.75, 3.05) is 19.0 Å². The monoisotopic (exact) mass is 355 g/mol. The molecule has 1 N–H and O–H groups in total. The van der Waals surface area contributed by atoms with Gasteiger partial charge in [0.2, 0.25) is 0 Å². The number of methoxy groups -OCH3 is 1. The molecule has 1 unspecified atom stereocenters. The molecule has 1 atom stereocenters. The van der Waals surface area contributed by atoms with E-state index in [9.17, 15) is 0 Å². The summed E-state index contributed by atoms with van der Waals surface area (Å²) in [7, 11) is 1.76. The molecular weight excluding hydrogens is 330 g/mol. The number of ether oxygens (including phenoxy) is 1. The first-order chi connectivity index (χ1) is 10.1. The van der Waals surface area contributed by atoms with E-state index in [2.05, 4.69) is 42.0 Å². The number of nitrogens with one attached hydrogen (secondary N) is 1. The lowest BCUT2D eigenvalue weighted by Crippen LogP contribution is -2.15. The molecule has 2 rings (SSSR count). The van der Waals surface area contributed by atoms with E-state index in [0.717, 1.165) is 41.2 Å². The van der Waals surface area contributed by atoms with Gasteiger partial charge >= 0.3 is 0 Å². The second-order valence-corrected chi connectivity index (χ2v) is 7.00. The quantitative estimate of drug-likeness (QED) is 0.752. The zero-order valence-corrected chi connectivity index (χ0v) is 15.0. The van der Waals surface area contributed by atoms with Crippen molar-refractivity contribution >= 4 is 21.7 Å². The molecule has 0 spiro atoms. The lowest BCUT2D eigenvalue weighted by molar-refractivity contribution is 0.0770. The maximum Gasteiger partial charge on any atom is 0.160 e.